The van der Waals surface area contributed by atoms with Crippen molar-refractivity contribution in [3.8, 4) is 0 Å². The fourth-order valence-corrected chi connectivity index (χ4v) is 2.82. The molecule has 0 aliphatic carbocycles. The van der Waals surface area contributed by atoms with Gasteiger partial charge in [-0.05, 0) is 61.7 Å². The van der Waals surface area contributed by atoms with Crippen molar-refractivity contribution < 1.29 is 9.59 Å². The third-order valence-corrected chi connectivity index (χ3v) is 4.36. The van der Waals surface area contributed by atoms with Gasteiger partial charge in [-0.3, -0.25) is 14.6 Å². The van der Waals surface area contributed by atoms with E-state index in [0.717, 1.165) is 25.1 Å². The highest BCUT2D eigenvalue weighted by molar-refractivity contribution is 6.03. The lowest BCUT2D eigenvalue weighted by molar-refractivity contribution is 0.101. The third kappa shape index (κ3) is 5.51. The van der Waals surface area contributed by atoms with Crippen molar-refractivity contribution in [2.24, 2.45) is 0 Å². The Balaban J connectivity index is 1.53. The highest BCUT2D eigenvalue weighted by Crippen LogP contribution is 2.13. The van der Waals surface area contributed by atoms with E-state index in [2.05, 4.69) is 27.8 Å². The number of carbonyl (C=O) groups excluding carboxylic acids is 2. The van der Waals surface area contributed by atoms with E-state index < -0.39 is 0 Å². The second kappa shape index (κ2) is 9.46. The van der Waals surface area contributed by atoms with Gasteiger partial charge in [0.25, 0.3) is 5.91 Å². The molecule has 0 radical (unpaired) electrons. The van der Waals surface area contributed by atoms with Crippen LogP contribution in [0.4, 0.5) is 11.4 Å². The van der Waals surface area contributed by atoms with E-state index >= 15 is 0 Å². The van der Waals surface area contributed by atoms with Gasteiger partial charge in [-0.1, -0.05) is 30.3 Å². The topological polar surface area (TPSA) is 71.1 Å². The van der Waals surface area contributed by atoms with Crippen LogP contribution < -0.4 is 10.6 Å². The maximum absolute atomic E-state index is 12.4. The molecule has 1 heterocycles. The van der Waals surface area contributed by atoms with Gasteiger partial charge in [-0.15, -0.1) is 0 Å². The molecule has 0 spiro atoms. The minimum atomic E-state index is -0.288. The largest absolute Gasteiger partial charge is 0.385 e. The van der Waals surface area contributed by atoms with E-state index in [1.165, 1.54) is 12.5 Å². The van der Waals surface area contributed by atoms with Gasteiger partial charge < -0.3 is 10.6 Å². The summed E-state index contributed by atoms with van der Waals surface area (Å²) in [4.78, 5) is 27.9. The molecule has 0 fully saturated rings. The zero-order valence-corrected chi connectivity index (χ0v) is 15.8. The minimum Gasteiger partial charge on any atom is -0.385 e. The standard InChI is InChI=1S/C23H23N3O2/c1-17(27)19-9-11-20(12-10-19)26-23(28)22-16-21(13-15-25-22)24-14-5-8-18-6-3-2-4-7-18/h2-4,6-7,9-13,15-16H,5,8,14H2,1H3,(H,24,25)(H,26,28). The third-order valence-electron chi connectivity index (χ3n) is 4.36. The number of Topliss-reactive ketones (excluding diaryl/α,β-unsaturated/α-hetero) is 1. The van der Waals surface area contributed by atoms with Gasteiger partial charge in [0.2, 0.25) is 0 Å². The van der Waals surface area contributed by atoms with Crippen LogP contribution in [0.5, 0.6) is 0 Å². The number of carbonyl (C=O) groups is 2. The molecular weight excluding hydrogens is 350 g/mol. The van der Waals surface area contributed by atoms with Crippen molar-refractivity contribution in [1.82, 2.24) is 4.98 Å². The van der Waals surface area contributed by atoms with Gasteiger partial charge >= 0.3 is 0 Å². The molecule has 0 bridgehead atoms. The predicted molar refractivity (Wildman–Crippen MR) is 112 cm³/mol. The van der Waals surface area contributed by atoms with Crippen LogP contribution in [0.2, 0.25) is 0 Å². The first kappa shape index (κ1) is 19.3. The monoisotopic (exact) mass is 373 g/mol. The summed E-state index contributed by atoms with van der Waals surface area (Å²) in [6.45, 7) is 2.32. The number of nitrogens with zero attached hydrogens (tertiary/aromatic N) is 1. The summed E-state index contributed by atoms with van der Waals surface area (Å²) >= 11 is 0. The highest BCUT2D eigenvalue weighted by Gasteiger charge is 2.09. The summed E-state index contributed by atoms with van der Waals surface area (Å²) in [7, 11) is 0. The Morgan fingerprint density at radius 1 is 0.929 bits per heavy atom. The zero-order valence-electron chi connectivity index (χ0n) is 15.8. The molecule has 3 rings (SSSR count). The van der Waals surface area contributed by atoms with Crippen LogP contribution in [-0.2, 0) is 6.42 Å². The Bertz CT molecular complexity index is 938. The molecule has 0 atom stereocenters. The van der Waals surface area contributed by atoms with Crippen LogP contribution in [0.25, 0.3) is 0 Å². The summed E-state index contributed by atoms with van der Waals surface area (Å²) in [5, 5.41) is 6.14. The average molecular weight is 373 g/mol. The Hall–Kier alpha value is -3.47. The van der Waals surface area contributed by atoms with E-state index in [1.54, 1.807) is 36.5 Å². The number of aryl methyl sites for hydroxylation is 1. The number of anilines is 2. The lowest BCUT2D eigenvalue weighted by Crippen LogP contribution is -2.14. The van der Waals surface area contributed by atoms with Crippen molar-refractivity contribution in [3.63, 3.8) is 0 Å². The highest BCUT2D eigenvalue weighted by atomic mass is 16.2. The van der Waals surface area contributed by atoms with Gasteiger partial charge in [0.15, 0.2) is 5.78 Å². The summed E-state index contributed by atoms with van der Waals surface area (Å²) in [6, 6.07) is 20.7. The Labute approximate surface area is 164 Å². The fraction of sp³-hybridized carbons (Fsp3) is 0.174. The first-order valence-corrected chi connectivity index (χ1v) is 9.28. The van der Waals surface area contributed by atoms with Gasteiger partial charge in [0.05, 0.1) is 0 Å². The van der Waals surface area contributed by atoms with Gasteiger partial charge in [0, 0.05) is 29.7 Å². The number of nitrogens with one attached hydrogen (secondary N) is 2. The minimum absolute atomic E-state index is 0.00872. The second-order valence-electron chi connectivity index (χ2n) is 6.53. The van der Waals surface area contributed by atoms with E-state index in [9.17, 15) is 9.59 Å². The molecule has 142 valence electrons. The maximum Gasteiger partial charge on any atom is 0.274 e. The first-order chi connectivity index (χ1) is 13.6. The van der Waals surface area contributed by atoms with Gasteiger partial charge in [-0.25, -0.2) is 0 Å². The lowest BCUT2D eigenvalue weighted by Gasteiger charge is -2.09. The molecule has 5 heteroatoms. The lowest BCUT2D eigenvalue weighted by atomic mass is 10.1. The summed E-state index contributed by atoms with van der Waals surface area (Å²) < 4.78 is 0. The molecule has 2 N–H and O–H groups in total. The zero-order chi connectivity index (χ0) is 19.8. The van der Waals surface area contributed by atoms with E-state index in [1.807, 2.05) is 24.3 Å². The molecule has 0 saturated carbocycles. The maximum atomic E-state index is 12.4. The SMILES string of the molecule is CC(=O)c1ccc(NC(=O)c2cc(NCCCc3ccccc3)ccn2)cc1. The Morgan fingerprint density at radius 3 is 2.39 bits per heavy atom. The molecule has 2 aromatic carbocycles. The molecule has 1 aromatic heterocycles. The predicted octanol–water partition coefficient (Wildman–Crippen LogP) is 4.58. The normalized spacial score (nSPS) is 10.3. The number of aromatic nitrogens is 1. The summed E-state index contributed by atoms with van der Waals surface area (Å²) in [5.41, 5.74) is 3.74. The quantitative estimate of drug-likeness (QED) is 0.448. The number of amides is 1. The number of ketones is 1. The average Bonchev–Trinajstić information content (AvgIpc) is 2.72. The van der Waals surface area contributed by atoms with E-state index in [0.29, 0.717) is 16.9 Å². The number of hydrogen-bond acceptors (Lipinski definition) is 4. The molecule has 28 heavy (non-hydrogen) atoms. The van der Waals surface area contributed by atoms with Crippen LogP contribution in [-0.4, -0.2) is 23.2 Å². The van der Waals surface area contributed by atoms with Crippen LogP contribution >= 0.6 is 0 Å². The van der Waals surface area contributed by atoms with Crippen LogP contribution in [0, 0.1) is 0 Å². The van der Waals surface area contributed by atoms with Gasteiger partial charge in [0.1, 0.15) is 5.69 Å². The number of benzene rings is 2. The van der Waals surface area contributed by atoms with Crippen molar-refractivity contribution in [2.75, 3.05) is 17.2 Å². The Morgan fingerprint density at radius 2 is 1.68 bits per heavy atom. The van der Waals surface area contributed by atoms with Crippen LogP contribution in [0.1, 0.15) is 39.8 Å². The number of rotatable bonds is 8. The smallest absolute Gasteiger partial charge is 0.274 e. The second-order valence-corrected chi connectivity index (χ2v) is 6.53. The molecule has 0 aliphatic rings. The summed E-state index contributed by atoms with van der Waals surface area (Å²) in [5.74, 6) is -0.297. The molecule has 1 amide bonds. The first-order valence-electron chi connectivity index (χ1n) is 9.28. The number of pyridine rings is 1. The van der Waals surface area contributed by atoms with Crippen LogP contribution in [0.3, 0.4) is 0 Å². The van der Waals surface area contributed by atoms with Crippen molar-refractivity contribution in [1.29, 1.82) is 0 Å². The van der Waals surface area contributed by atoms with E-state index in [-0.39, 0.29) is 11.7 Å². The molecule has 0 unspecified atom stereocenters. The number of hydrogen-bond donors (Lipinski definition) is 2. The molecule has 0 aliphatic heterocycles. The van der Waals surface area contributed by atoms with Crippen molar-refractivity contribution in [2.45, 2.75) is 19.8 Å². The molecule has 5 nitrogen and oxygen atoms in total. The van der Waals surface area contributed by atoms with Crippen molar-refractivity contribution >= 4 is 23.1 Å². The molecule has 3 aromatic rings. The Kier molecular flexibility index (Phi) is 6.52. The van der Waals surface area contributed by atoms with Crippen molar-refractivity contribution in [3.05, 3.63) is 89.7 Å². The molecule has 0 saturated heterocycles. The molecular formula is C23H23N3O2. The fourth-order valence-electron chi connectivity index (χ4n) is 2.82. The van der Waals surface area contributed by atoms with Gasteiger partial charge in [-0.2, -0.15) is 0 Å². The van der Waals surface area contributed by atoms with Crippen LogP contribution in [0.15, 0.2) is 72.9 Å². The summed E-state index contributed by atoms with van der Waals surface area (Å²) in [6.07, 6.45) is 3.62. The van der Waals surface area contributed by atoms with E-state index in [4.69, 9.17) is 0 Å².